The van der Waals surface area contributed by atoms with Crippen molar-refractivity contribution in [2.45, 2.75) is 145 Å². The molecule has 0 radical (unpaired) electrons. The Bertz CT molecular complexity index is 1140. The highest BCUT2D eigenvalue weighted by Gasteiger charge is 2.69. The number of allylic oxidation sites excluding steroid dienone is 2. The topological polar surface area (TPSA) is 49.4 Å². The fourth-order valence-electron chi connectivity index (χ4n) is 12.8. The third kappa shape index (κ3) is 4.07. The number of hydrogen-bond donors (Lipinski definition) is 1. The number of carbonyl (C=O) groups is 2. The first-order valence-electron chi connectivity index (χ1n) is 17.4. The summed E-state index contributed by atoms with van der Waals surface area (Å²) in [5.41, 5.74) is 3.84. The van der Waals surface area contributed by atoms with E-state index in [1.165, 1.54) is 63.4 Å². The molecule has 5 fully saturated rings. The second-order valence-electron chi connectivity index (χ2n) is 17.7. The van der Waals surface area contributed by atoms with Crippen LogP contribution < -0.4 is 5.32 Å². The molecule has 1 amide bonds. The molecular formula is C37H60N2O2. The van der Waals surface area contributed by atoms with Crippen LogP contribution in [0, 0.1) is 50.7 Å². The third-order valence-electron chi connectivity index (χ3n) is 15.2. The first-order valence-corrected chi connectivity index (χ1v) is 17.4. The van der Waals surface area contributed by atoms with E-state index < -0.39 is 0 Å². The van der Waals surface area contributed by atoms with E-state index in [0.717, 1.165) is 25.8 Å². The molecule has 0 aromatic heterocycles. The Morgan fingerprint density at radius 2 is 1.59 bits per heavy atom. The monoisotopic (exact) mass is 564 g/mol. The molecule has 4 saturated carbocycles. The maximum atomic E-state index is 13.5. The summed E-state index contributed by atoms with van der Waals surface area (Å²) in [5, 5.41) is 3.62. The van der Waals surface area contributed by atoms with E-state index in [0.29, 0.717) is 40.3 Å². The number of ketones is 1. The molecule has 0 aromatic rings. The Morgan fingerprint density at radius 1 is 0.854 bits per heavy atom. The molecule has 4 nitrogen and oxygen atoms in total. The van der Waals surface area contributed by atoms with Crippen LogP contribution in [0.3, 0.4) is 0 Å². The van der Waals surface area contributed by atoms with E-state index in [-0.39, 0.29) is 34.2 Å². The number of carbonyl (C=O) groups excluding carboxylic acids is 2. The van der Waals surface area contributed by atoms with Gasteiger partial charge in [0.2, 0.25) is 5.91 Å². The summed E-state index contributed by atoms with van der Waals surface area (Å²) in [6, 6.07) is 0.306. The zero-order valence-electron chi connectivity index (χ0n) is 27.9. The van der Waals surface area contributed by atoms with Crippen molar-refractivity contribution in [1.29, 1.82) is 0 Å². The summed E-state index contributed by atoms with van der Waals surface area (Å²) in [7, 11) is 2.13. The van der Waals surface area contributed by atoms with Gasteiger partial charge in [-0.1, -0.05) is 67.4 Å². The molecule has 230 valence electrons. The Morgan fingerprint density at radius 3 is 2.27 bits per heavy atom. The first-order chi connectivity index (χ1) is 19.1. The first kappa shape index (κ1) is 29.9. The summed E-state index contributed by atoms with van der Waals surface area (Å²) in [4.78, 5) is 29.2. The van der Waals surface area contributed by atoms with E-state index >= 15 is 0 Å². The predicted octanol–water partition coefficient (Wildman–Crippen LogP) is 7.96. The zero-order chi connectivity index (χ0) is 29.8. The normalized spacial score (nSPS) is 47.9. The quantitative estimate of drug-likeness (QED) is 0.378. The van der Waals surface area contributed by atoms with Crippen molar-refractivity contribution in [2.24, 2.45) is 50.7 Å². The Balaban J connectivity index is 1.29. The molecule has 0 aromatic carbocycles. The smallest absolute Gasteiger partial charge is 0.237 e. The van der Waals surface area contributed by atoms with E-state index in [4.69, 9.17) is 0 Å². The number of fused-ring (bicyclic) bond motifs is 7. The lowest BCUT2D eigenvalue weighted by molar-refractivity contribution is -0.216. The summed E-state index contributed by atoms with van der Waals surface area (Å²) < 4.78 is 0. The maximum absolute atomic E-state index is 13.5. The van der Waals surface area contributed by atoms with E-state index in [2.05, 4.69) is 72.7 Å². The largest absolute Gasteiger partial charge is 0.351 e. The minimum atomic E-state index is 0.0437. The van der Waals surface area contributed by atoms with Gasteiger partial charge in [0.05, 0.1) is 6.04 Å². The molecule has 1 unspecified atom stereocenters. The van der Waals surface area contributed by atoms with Crippen molar-refractivity contribution in [3.05, 3.63) is 11.1 Å². The molecule has 5 aliphatic carbocycles. The molecule has 4 heteroatoms. The van der Waals surface area contributed by atoms with E-state index in [9.17, 15) is 9.59 Å². The van der Waals surface area contributed by atoms with Crippen LogP contribution in [-0.4, -0.2) is 42.3 Å². The van der Waals surface area contributed by atoms with Crippen LogP contribution in [0.2, 0.25) is 0 Å². The lowest BCUT2D eigenvalue weighted by Gasteiger charge is -2.72. The second kappa shape index (κ2) is 9.67. The number of likely N-dealkylation sites (N-methyl/N-ethyl adjacent to an activating group) is 1. The lowest BCUT2D eigenvalue weighted by atomic mass is 9.33. The van der Waals surface area contributed by atoms with Gasteiger partial charge < -0.3 is 5.32 Å². The average molecular weight is 565 g/mol. The van der Waals surface area contributed by atoms with Gasteiger partial charge in [0.15, 0.2) is 5.78 Å². The summed E-state index contributed by atoms with van der Waals surface area (Å²) in [6.45, 7) is 20.9. The molecule has 1 heterocycles. The van der Waals surface area contributed by atoms with Gasteiger partial charge in [0.25, 0.3) is 0 Å². The van der Waals surface area contributed by atoms with Crippen molar-refractivity contribution < 1.29 is 9.59 Å². The predicted molar refractivity (Wildman–Crippen MR) is 167 cm³/mol. The number of nitrogens with zero attached hydrogens (tertiary/aromatic N) is 1. The highest BCUT2D eigenvalue weighted by atomic mass is 16.2. The summed E-state index contributed by atoms with van der Waals surface area (Å²) >= 11 is 0. The number of rotatable bonds is 3. The van der Waals surface area contributed by atoms with Gasteiger partial charge in [-0.25, -0.2) is 0 Å². The Labute approximate surface area is 251 Å². The van der Waals surface area contributed by atoms with Crippen molar-refractivity contribution in [2.75, 3.05) is 13.6 Å². The fraction of sp³-hybridized carbons (Fsp3) is 0.892. The van der Waals surface area contributed by atoms with Gasteiger partial charge in [-0.15, -0.1) is 0 Å². The molecule has 1 saturated heterocycles. The van der Waals surface area contributed by atoms with E-state index in [1.54, 1.807) is 5.57 Å². The highest BCUT2D eigenvalue weighted by molar-refractivity contribution is 6.00. The fourth-order valence-corrected chi connectivity index (χ4v) is 12.8. The molecule has 1 N–H and O–H groups in total. The molecular weight excluding hydrogens is 504 g/mol. The summed E-state index contributed by atoms with van der Waals surface area (Å²) in [6.07, 6.45) is 14.0. The van der Waals surface area contributed by atoms with Crippen LogP contribution in [0.1, 0.15) is 132 Å². The lowest BCUT2D eigenvalue weighted by Crippen LogP contribution is -2.67. The molecule has 1 aliphatic heterocycles. The van der Waals surface area contributed by atoms with Crippen molar-refractivity contribution in [3.8, 4) is 0 Å². The molecule has 0 bridgehead atoms. The molecule has 0 spiro atoms. The molecule has 6 aliphatic rings. The number of hydrogen-bond acceptors (Lipinski definition) is 3. The van der Waals surface area contributed by atoms with Crippen molar-refractivity contribution in [3.63, 3.8) is 0 Å². The van der Waals surface area contributed by atoms with Crippen LogP contribution in [0.25, 0.3) is 0 Å². The van der Waals surface area contributed by atoms with Gasteiger partial charge in [-0.3, -0.25) is 14.5 Å². The van der Waals surface area contributed by atoms with Gasteiger partial charge in [-0.2, -0.15) is 0 Å². The number of nitrogens with one attached hydrogen (secondary N) is 1. The van der Waals surface area contributed by atoms with Gasteiger partial charge in [-0.05, 0) is 134 Å². The number of likely N-dealkylation sites (tertiary alicyclic amines) is 1. The summed E-state index contributed by atoms with van der Waals surface area (Å²) in [5.74, 6) is 2.95. The Kier molecular flexibility index (Phi) is 7.05. The van der Waals surface area contributed by atoms with Gasteiger partial charge in [0, 0.05) is 12.5 Å². The van der Waals surface area contributed by atoms with Gasteiger partial charge >= 0.3 is 0 Å². The van der Waals surface area contributed by atoms with Crippen LogP contribution in [-0.2, 0) is 9.59 Å². The van der Waals surface area contributed by atoms with Crippen LogP contribution in [0.15, 0.2) is 11.1 Å². The number of amides is 1. The second-order valence-corrected chi connectivity index (χ2v) is 17.7. The average Bonchev–Trinajstić information content (AvgIpc) is 3.16. The van der Waals surface area contributed by atoms with Crippen molar-refractivity contribution >= 4 is 11.7 Å². The number of piperidine rings is 1. The number of Topliss-reactive ketones (excluding diaryl/α,β-unsaturated/α-hetero) is 1. The molecule has 9 atom stereocenters. The standard InChI is InChI=1S/C37H60N2O2/c1-23(2)30-26(40)22-34(5)19-20-36(7)24(31(30)34)13-14-28-35(6)17-16-29(33(3,4)27(35)15-18-37(28,36)8)38-32(41)25-12-10-11-21-39(25)9/h23-25,27-29H,10-22H2,1-9H3,(H,38,41)/t24-,25+,27+,28-,29?,34+,35+,36-,37-/m1/s1. The minimum absolute atomic E-state index is 0.0437. The van der Waals surface area contributed by atoms with Gasteiger partial charge in [0.1, 0.15) is 0 Å². The van der Waals surface area contributed by atoms with Crippen LogP contribution in [0.5, 0.6) is 0 Å². The van der Waals surface area contributed by atoms with Crippen LogP contribution >= 0.6 is 0 Å². The minimum Gasteiger partial charge on any atom is -0.351 e. The van der Waals surface area contributed by atoms with E-state index in [1.807, 2.05) is 0 Å². The SMILES string of the molecule is CC(C)C1=C2[C@H]3CC[C@@H]4[C@@]5(C)CCC(NC(=O)[C@@H]6CCCCN6C)C(C)(C)[C@@H]5CC[C@@]4(C)[C@]3(C)CC[C@@]2(C)CC1=O. The zero-order valence-corrected chi connectivity index (χ0v) is 27.9. The highest BCUT2D eigenvalue weighted by Crippen LogP contribution is 2.76. The molecule has 41 heavy (non-hydrogen) atoms. The maximum Gasteiger partial charge on any atom is 0.237 e. The third-order valence-corrected chi connectivity index (χ3v) is 15.2. The van der Waals surface area contributed by atoms with Crippen molar-refractivity contribution in [1.82, 2.24) is 10.2 Å². The Hall–Kier alpha value is -1.16. The molecule has 6 rings (SSSR count). The van der Waals surface area contributed by atoms with Crippen LogP contribution in [0.4, 0.5) is 0 Å².